The number of benzene rings is 1. The van der Waals surface area contributed by atoms with E-state index in [4.69, 9.17) is 5.73 Å². The van der Waals surface area contributed by atoms with Crippen molar-refractivity contribution in [1.82, 2.24) is 0 Å². The second kappa shape index (κ2) is 9.73. The molecular formula is C15H20BrN3OS. The summed E-state index contributed by atoms with van der Waals surface area (Å²) in [6.07, 6.45) is 3.98. The van der Waals surface area contributed by atoms with E-state index in [2.05, 4.69) is 10.2 Å². The number of nitrogens with two attached hydrogens (primary N) is 1. The average Bonchev–Trinajstić information content (AvgIpc) is 2.46. The summed E-state index contributed by atoms with van der Waals surface area (Å²) in [7, 11) is 0. The third kappa shape index (κ3) is 6.91. The molecule has 6 heteroatoms. The molecule has 2 rings (SSSR count). The van der Waals surface area contributed by atoms with Gasteiger partial charge in [-0.25, -0.2) is 0 Å². The Morgan fingerprint density at radius 3 is 2.62 bits per heavy atom. The lowest BCUT2D eigenvalue weighted by atomic mass is 10.0. The summed E-state index contributed by atoms with van der Waals surface area (Å²) in [6, 6.07) is 9.89. The predicted molar refractivity (Wildman–Crippen MR) is 95.5 cm³/mol. The molecule has 1 aromatic rings. The topological polar surface area (TPSA) is 67.8 Å². The van der Waals surface area contributed by atoms with Crippen LogP contribution in [0.25, 0.3) is 0 Å². The molecular weight excluding hydrogens is 350 g/mol. The highest BCUT2D eigenvalue weighted by molar-refractivity contribution is 8.93. The lowest BCUT2D eigenvalue weighted by Crippen LogP contribution is -2.15. The Labute approximate surface area is 140 Å². The van der Waals surface area contributed by atoms with Crippen molar-refractivity contribution >= 4 is 45.4 Å². The Kier molecular flexibility index (Phi) is 8.30. The van der Waals surface area contributed by atoms with Gasteiger partial charge in [-0.1, -0.05) is 42.1 Å². The lowest BCUT2D eigenvalue weighted by molar-refractivity contribution is -0.118. The number of unbranched alkanes of at least 4 members (excludes halogenated alkanes) is 1. The van der Waals surface area contributed by atoms with Crippen molar-refractivity contribution in [2.75, 3.05) is 5.75 Å². The first kappa shape index (κ1) is 17.9. The molecule has 1 aromatic carbocycles. The second-order valence-corrected chi connectivity index (χ2v) is 5.80. The third-order valence-electron chi connectivity index (χ3n) is 3.09. The van der Waals surface area contributed by atoms with Gasteiger partial charge in [0, 0.05) is 18.6 Å². The molecule has 2 N–H and O–H groups in total. The first-order valence-corrected chi connectivity index (χ1v) is 7.80. The van der Waals surface area contributed by atoms with E-state index < -0.39 is 0 Å². The monoisotopic (exact) mass is 369 g/mol. The van der Waals surface area contributed by atoms with Crippen molar-refractivity contribution in [2.45, 2.75) is 32.1 Å². The van der Waals surface area contributed by atoms with Crippen LogP contribution in [0.4, 0.5) is 0 Å². The number of amidine groups is 1. The number of Topliss-reactive ketones (excluding diaryl/α,β-unsaturated/α-hetero) is 1. The molecule has 0 amide bonds. The molecule has 114 valence electrons. The Balaban J connectivity index is 0.00000220. The molecule has 0 atom stereocenters. The highest BCUT2D eigenvalue weighted by Crippen LogP contribution is 2.12. The summed E-state index contributed by atoms with van der Waals surface area (Å²) >= 11 is 1.52. The van der Waals surface area contributed by atoms with Crippen molar-refractivity contribution in [1.29, 1.82) is 0 Å². The third-order valence-corrected chi connectivity index (χ3v) is 3.95. The molecule has 0 unspecified atom stereocenters. The maximum Gasteiger partial charge on any atom is 0.180 e. The molecule has 0 saturated heterocycles. The van der Waals surface area contributed by atoms with Crippen molar-refractivity contribution in [2.24, 2.45) is 15.9 Å². The minimum absolute atomic E-state index is 0. The van der Waals surface area contributed by atoms with Gasteiger partial charge in [0.1, 0.15) is 5.78 Å². The van der Waals surface area contributed by atoms with E-state index in [1.807, 2.05) is 30.3 Å². The van der Waals surface area contributed by atoms with Gasteiger partial charge in [-0.15, -0.1) is 22.1 Å². The lowest BCUT2D eigenvalue weighted by Gasteiger charge is -2.08. The Bertz CT molecular complexity index is 517. The fourth-order valence-corrected chi connectivity index (χ4v) is 2.64. The zero-order valence-corrected chi connectivity index (χ0v) is 14.4. The van der Waals surface area contributed by atoms with Gasteiger partial charge < -0.3 is 5.73 Å². The molecule has 0 aromatic heterocycles. The van der Waals surface area contributed by atoms with Gasteiger partial charge in [-0.2, -0.15) is 5.10 Å². The van der Waals surface area contributed by atoms with Crippen LogP contribution in [-0.2, 0) is 11.2 Å². The van der Waals surface area contributed by atoms with E-state index in [0.29, 0.717) is 23.8 Å². The number of carbonyl (C=O) groups excluding carboxylic acids is 1. The van der Waals surface area contributed by atoms with E-state index in [9.17, 15) is 4.79 Å². The summed E-state index contributed by atoms with van der Waals surface area (Å²) in [5, 5.41) is 8.46. The highest BCUT2D eigenvalue weighted by atomic mass is 79.9. The van der Waals surface area contributed by atoms with Crippen LogP contribution in [-0.4, -0.2) is 22.4 Å². The molecule has 21 heavy (non-hydrogen) atoms. The van der Waals surface area contributed by atoms with Gasteiger partial charge in [0.2, 0.25) is 0 Å². The van der Waals surface area contributed by atoms with E-state index >= 15 is 0 Å². The molecule has 0 spiro atoms. The zero-order valence-electron chi connectivity index (χ0n) is 11.8. The molecule has 0 fully saturated rings. The second-order valence-electron chi connectivity index (χ2n) is 4.80. The number of hydrogen-bond acceptors (Lipinski definition) is 5. The first-order chi connectivity index (χ1) is 9.74. The number of nitrogens with zero attached hydrogens (tertiary/aromatic N) is 2. The molecule has 1 heterocycles. The molecule has 0 radical (unpaired) electrons. The molecule has 1 aliphatic heterocycles. The van der Waals surface area contributed by atoms with Crippen LogP contribution in [0, 0.1) is 0 Å². The van der Waals surface area contributed by atoms with Gasteiger partial charge >= 0.3 is 0 Å². The normalized spacial score (nSPS) is 13.9. The van der Waals surface area contributed by atoms with Crippen molar-refractivity contribution in [3.63, 3.8) is 0 Å². The Morgan fingerprint density at radius 1 is 1.19 bits per heavy atom. The summed E-state index contributed by atoms with van der Waals surface area (Å²) in [5.74, 6) is 1.13. The number of carbonyl (C=O) groups is 1. The zero-order chi connectivity index (χ0) is 14.2. The quantitative estimate of drug-likeness (QED) is 0.749. The number of halogens is 1. The Morgan fingerprint density at radius 2 is 1.95 bits per heavy atom. The molecule has 4 nitrogen and oxygen atoms in total. The predicted octanol–water partition coefficient (Wildman–Crippen LogP) is 3.35. The minimum Gasteiger partial charge on any atom is -0.377 e. The first-order valence-electron chi connectivity index (χ1n) is 6.81. The number of hydrogen-bond donors (Lipinski definition) is 1. The number of rotatable bonds is 7. The van der Waals surface area contributed by atoms with Crippen LogP contribution in [0.15, 0.2) is 40.5 Å². The van der Waals surface area contributed by atoms with Crippen LogP contribution in [0.1, 0.15) is 31.2 Å². The van der Waals surface area contributed by atoms with Gasteiger partial charge in [0.25, 0.3) is 0 Å². The van der Waals surface area contributed by atoms with Crippen LogP contribution in [0.2, 0.25) is 0 Å². The van der Waals surface area contributed by atoms with Gasteiger partial charge in [-0.3, -0.25) is 4.79 Å². The summed E-state index contributed by atoms with van der Waals surface area (Å²) in [4.78, 5) is 11.8. The van der Waals surface area contributed by atoms with E-state index in [0.717, 1.165) is 36.3 Å². The van der Waals surface area contributed by atoms with Crippen LogP contribution in [0.3, 0.4) is 0 Å². The van der Waals surface area contributed by atoms with E-state index in [-0.39, 0.29) is 17.0 Å². The van der Waals surface area contributed by atoms with Gasteiger partial charge in [0.05, 0.1) is 5.71 Å². The maximum absolute atomic E-state index is 11.8. The average molecular weight is 370 g/mol. The summed E-state index contributed by atoms with van der Waals surface area (Å²) in [6.45, 7) is 0. The smallest absolute Gasteiger partial charge is 0.180 e. The van der Waals surface area contributed by atoms with E-state index in [1.54, 1.807) is 0 Å². The van der Waals surface area contributed by atoms with Crippen molar-refractivity contribution in [3.05, 3.63) is 35.9 Å². The number of ketones is 1. The van der Waals surface area contributed by atoms with Gasteiger partial charge in [0.15, 0.2) is 5.17 Å². The molecule has 1 aliphatic rings. The van der Waals surface area contributed by atoms with Crippen molar-refractivity contribution in [3.8, 4) is 0 Å². The fourth-order valence-electron chi connectivity index (χ4n) is 2.02. The molecule has 0 aliphatic carbocycles. The maximum atomic E-state index is 11.8. The highest BCUT2D eigenvalue weighted by Gasteiger charge is 2.08. The largest absolute Gasteiger partial charge is 0.377 e. The molecule has 0 bridgehead atoms. The summed E-state index contributed by atoms with van der Waals surface area (Å²) < 4.78 is 0. The van der Waals surface area contributed by atoms with E-state index in [1.165, 1.54) is 11.8 Å². The summed E-state index contributed by atoms with van der Waals surface area (Å²) in [5.41, 5.74) is 7.69. The van der Waals surface area contributed by atoms with Crippen molar-refractivity contribution < 1.29 is 4.79 Å². The molecule has 0 saturated carbocycles. The van der Waals surface area contributed by atoms with Gasteiger partial charge in [-0.05, 0) is 24.8 Å². The minimum atomic E-state index is 0. The van der Waals surface area contributed by atoms with Crippen LogP contribution < -0.4 is 5.73 Å². The fraction of sp³-hybridized carbons (Fsp3) is 0.400. The Hall–Kier alpha value is -1.14. The standard InChI is InChI=1S/C15H19N3OS.BrH/c16-15-18-17-13(11-20-15)8-4-5-9-14(19)10-12-6-2-1-3-7-12;/h1-3,6-7H,4-5,8-11H2,(H2,16,18);1H. The van der Waals surface area contributed by atoms with Crippen LogP contribution >= 0.6 is 28.7 Å². The van der Waals surface area contributed by atoms with Crippen LogP contribution in [0.5, 0.6) is 0 Å². The number of thioether (sulfide) groups is 1. The SMILES string of the molecule is Br.NC1=NN=C(CCCCC(=O)Cc2ccccc2)CS1.